The van der Waals surface area contributed by atoms with Gasteiger partial charge >= 0.3 is 0 Å². The number of carbonyl (C=O) groups excluding carboxylic acids is 2. The molecule has 25 heavy (non-hydrogen) atoms. The number of anilines is 1. The van der Waals surface area contributed by atoms with E-state index in [0.29, 0.717) is 10.6 Å². The van der Waals surface area contributed by atoms with Crippen LogP contribution < -0.4 is 16.0 Å². The summed E-state index contributed by atoms with van der Waals surface area (Å²) in [7, 11) is 2.00. The molecule has 0 bridgehead atoms. The fraction of sp³-hybridized carbons (Fsp3) is 0.368. The topological polar surface area (TPSA) is 76.6 Å². The van der Waals surface area contributed by atoms with E-state index in [0.717, 1.165) is 36.3 Å². The molecule has 1 aromatic carbocycles. The third-order valence-electron chi connectivity index (χ3n) is 4.86. The molecule has 2 amide bonds. The van der Waals surface area contributed by atoms with Gasteiger partial charge in [-0.1, -0.05) is 30.3 Å². The maximum Gasteiger partial charge on any atom is 0.282 e. The van der Waals surface area contributed by atoms with Gasteiger partial charge in [0.05, 0.1) is 12.6 Å². The van der Waals surface area contributed by atoms with Gasteiger partial charge in [-0.2, -0.15) is 0 Å². The first kappa shape index (κ1) is 17.6. The van der Waals surface area contributed by atoms with E-state index in [1.165, 1.54) is 21.8 Å². The number of carbonyl (C=O) groups is 2. The standard InChI is InChI=1S/C19H23N3O2S/c1-12(22(2)11-13-7-4-3-5-8-13)18(24)21-19-16(17(20)23)14-9-6-10-15(14)25-19/h3-5,7-8,12H,6,9-11H2,1-2H3,(H2,20,23)(H,21,24)/p+1/t12-/m0/s1. The number of benzene rings is 1. The molecule has 2 aromatic rings. The Kier molecular flexibility index (Phi) is 5.20. The van der Waals surface area contributed by atoms with E-state index < -0.39 is 5.91 Å². The molecular weight excluding hydrogens is 334 g/mol. The number of thiophene rings is 1. The van der Waals surface area contributed by atoms with Gasteiger partial charge in [0.2, 0.25) is 0 Å². The van der Waals surface area contributed by atoms with Gasteiger partial charge in [-0.3, -0.25) is 9.59 Å². The highest BCUT2D eigenvalue weighted by molar-refractivity contribution is 7.17. The van der Waals surface area contributed by atoms with Crippen molar-refractivity contribution in [1.29, 1.82) is 0 Å². The van der Waals surface area contributed by atoms with E-state index in [1.54, 1.807) is 0 Å². The SMILES string of the molecule is C[C@@H](C(=O)Nc1sc2c(c1C(N)=O)CCC2)[NH+](C)Cc1ccccc1. The highest BCUT2D eigenvalue weighted by Crippen LogP contribution is 2.38. The van der Waals surface area contributed by atoms with Crippen LogP contribution in [0.1, 0.15) is 39.7 Å². The quantitative estimate of drug-likeness (QED) is 0.730. The summed E-state index contributed by atoms with van der Waals surface area (Å²) in [6.45, 7) is 2.66. The average Bonchev–Trinajstić information content (AvgIpc) is 3.15. The Morgan fingerprint density at radius 2 is 2.00 bits per heavy atom. The van der Waals surface area contributed by atoms with Gasteiger partial charge in [-0.15, -0.1) is 11.3 Å². The lowest BCUT2D eigenvalue weighted by molar-refractivity contribution is -0.907. The summed E-state index contributed by atoms with van der Waals surface area (Å²) in [5.41, 5.74) is 8.29. The van der Waals surface area contributed by atoms with Crippen molar-refractivity contribution < 1.29 is 14.5 Å². The van der Waals surface area contributed by atoms with E-state index >= 15 is 0 Å². The second-order valence-corrected chi connectivity index (χ2v) is 7.75. The first-order chi connectivity index (χ1) is 12.0. The number of rotatable bonds is 6. The summed E-state index contributed by atoms with van der Waals surface area (Å²) in [5, 5.41) is 3.56. The molecule has 1 aromatic heterocycles. The summed E-state index contributed by atoms with van der Waals surface area (Å²) < 4.78 is 0. The molecule has 2 atom stereocenters. The number of amides is 2. The van der Waals surface area contributed by atoms with Crippen LogP contribution in [-0.2, 0) is 24.2 Å². The predicted octanol–water partition coefficient (Wildman–Crippen LogP) is 1.38. The molecule has 3 rings (SSSR count). The zero-order valence-corrected chi connectivity index (χ0v) is 15.4. The first-order valence-electron chi connectivity index (χ1n) is 8.58. The molecule has 0 spiro atoms. The second-order valence-electron chi connectivity index (χ2n) is 6.65. The molecule has 0 radical (unpaired) electrons. The van der Waals surface area contributed by atoms with Crippen LogP contribution >= 0.6 is 11.3 Å². The summed E-state index contributed by atoms with van der Waals surface area (Å²) in [6.07, 6.45) is 2.88. The number of nitrogens with two attached hydrogens (primary N) is 1. The molecule has 1 aliphatic rings. The number of nitrogens with one attached hydrogen (secondary N) is 2. The number of aryl methyl sites for hydroxylation is 1. The minimum Gasteiger partial charge on any atom is -0.365 e. The minimum atomic E-state index is -0.452. The molecule has 5 nitrogen and oxygen atoms in total. The molecule has 132 valence electrons. The Balaban J connectivity index is 1.71. The van der Waals surface area contributed by atoms with Crippen molar-refractivity contribution in [2.75, 3.05) is 12.4 Å². The van der Waals surface area contributed by atoms with Crippen LogP contribution in [0.2, 0.25) is 0 Å². The number of hydrogen-bond acceptors (Lipinski definition) is 3. The molecule has 1 heterocycles. The van der Waals surface area contributed by atoms with Gasteiger partial charge < -0.3 is 16.0 Å². The summed E-state index contributed by atoms with van der Waals surface area (Å²) in [4.78, 5) is 26.8. The largest absolute Gasteiger partial charge is 0.365 e. The first-order valence-corrected chi connectivity index (χ1v) is 9.40. The van der Waals surface area contributed by atoms with E-state index in [2.05, 4.69) is 17.4 Å². The lowest BCUT2D eigenvalue weighted by Crippen LogP contribution is -3.12. The average molecular weight is 358 g/mol. The van der Waals surface area contributed by atoms with Crippen molar-refractivity contribution in [1.82, 2.24) is 0 Å². The van der Waals surface area contributed by atoms with Crippen LogP contribution in [0, 0.1) is 0 Å². The molecule has 0 fully saturated rings. The molecule has 0 saturated heterocycles. The van der Waals surface area contributed by atoms with Crippen LogP contribution in [0.5, 0.6) is 0 Å². The highest BCUT2D eigenvalue weighted by atomic mass is 32.1. The van der Waals surface area contributed by atoms with Crippen molar-refractivity contribution in [2.24, 2.45) is 5.73 Å². The second kappa shape index (κ2) is 7.37. The monoisotopic (exact) mass is 358 g/mol. The molecule has 0 saturated carbocycles. The van der Waals surface area contributed by atoms with E-state index in [9.17, 15) is 9.59 Å². The maximum atomic E-state index is 12.7. The summed E-state index contributed by atoms with van der Waals surface area (Å²) in [5.74, 6) is -0.539. The summed E-state index contributed by atoms with van der Waals surface area (Å²) >= 11 is 1.50. The van der Waals surface area contributed by atoms with Crippen molar-refractivity contribution >= 4 is 28.2 Å². The number of hydrogen-bond donors (Lipinski definition) is 3. The lowest BCUT2D eigenvalue weighted by Gasteiger charge is -2.21. The molecular formula is C19H24N3O2S+. The fourth-order valence-corrected chi connectivity index (χ4v) is 4.57. The van der Waals surface area contributed by atoms with Crippen LogP contribution in [0.4, 0.5) is 5.00 Å². The predicted molar refractivity (Wildman–Crippen MR) is 100.0 cm³/mol. The van der Waals surface area contributed by atoms with Gasteiger partial charge in [0.15, 0.2) is 6.04 Å². The van der Waals surface area contributed by atoms with Crippen LogP contribution in [-0.4, -0.2) is 24.9 Å². The summed E-state index contributed by atoms with van der Waals surface area (Å²) in [6, 6.07) is 9.86. The zero-order valence-electron chi connectivity index (χ0n) is 14.6. The third kappa shape index (κ3) is 3.75. The Morgan fingerprint density at radius 3 is 2.68 bits per heavy atom. The fourth-order valence-electron chi connectivity index (χ4n) is 3.27. The highest BCUT2D eigenvalue weighted by Gasteiger charge is 2.29. The van der Waals surface area contributed by atoms with Crippen LogP contribution in [0.25, 0.3) is 0 Å². The molecule has 4 N–H and O–H groups in total. The molecule has 6 heteroatoms. The van der Waals surface area contributed by atoms with Crippen LogP contribution in [0.3, 0.4) is 0 Å². The van der Waals surface area contributed by atoms with E-state index in [-0.39, 0.29) is 11.9 Å². The molecule has 1 aliphatic carbocycles. The lowest BCUT2D eigenvalue weighted by atomic mass is 10.1. The maximum absolute atomic E-state index is 12.7. The van der Waals surface area contributed by atoms with Crippen LogP contribution in [0.15, 0.2) is 30.3 Å². The van der Waals surface area contributed by atoms with Gasteiger partial charge in [-0.05, 0) is 31.7 Å². The van der Waals surface area contributed by atoms with Gasteiger partial charge in [0, 0.05) is 10.4 Å². The number of likely N-dealkylation sites (N-methyl/N-ethyl adjacent to an activating group) is 1. The Morgan fingerprint density at radius 1 is 1.28 bits per heavy atom. The Hall–Kier alpha value is -2.18. The Labute approximate surface area is 151 Å². The normalized spacial score (nSPS) is 15.4. The number of primary amides is 1. The van der Waals surface area contributed by atoms with Crippen molar-refractivity contribution in [2.45, 2.75) is 38.8 Å². The van der Waals surface area contributed by atoms with Crippen molar-refractivity contribution in [3.05, 3.63) is 51.9 Å². The van der Waals surface area contributed by atoms with Crippen molar-refractivity contribution in [3.63, 3.8) is 0 Å². The minimum absolute atomic E-state index is 0.0872. The van der Waals surface area contributed by atoms with Gasteiger partial charge in [-0.25, -0.2) is 0 Å². The van der Waals surface area contributed by atoms with Gasteiger partial charge in [0.1, 0.15) is 11.5 Å². The van der Waals surface area contributed by atoms with E-state index in [1.807, 2.05) is 32.2 Å². The van der Waals surface area contributed by atoms with Crippen molar-refractivity contribution in [3.8, 4) is 0 Å². The smallest absolute Gasteiger partial charge is 0.282 e. The van der Waals surface area contributed by atoms with E-state index in [4.69, 9.17) is 5.73 Å². The zero-order chi connectivity index (χ0) is 18.0. The number of fused-ring (bicyclic) bond motifs is 1. The molecule has 0 aliphatic heterocycles. The molecule has 1 unspecified atom stereocenters. The number of quaternary nitrogens is 1. The third-order valence-corrected chi connectivity index (χ3v) is 6.07. The Bertz CT molecular complexity index is 785. The van der Waals surface area contributed by atoms with Gasteiger partial charge in [0.25, 0.3) is 11.8 Å².